The summed E-state index contributed by atoms with van der Waals surface area (Å²) in [5.41, 5.74) is 7.43. The van der Waals surface area contributed by atoms with Crippen LogP contribution in [0.5, 0.6) is 0 Å². The number of nitrogens with two attached hydrogens (primary N) is 1. The van der Waals surface area contributed by atoms with Gasteiger partial charge in [-0.25, -0.2) is 28.3 Å². The van der Waals surface area contributed by atoms with Crippen LogP contribution in [0.4, 0.5) is 39.3 Å². The zero-order valence-corrected chi connectivity index (χ0v) is 21.3. The number of nitrogens with one attached hydrogen (secondary N) is 1. The fourth-order valence-corrected chi connectivity index (χ4v) is 3.71. The molecule has 0 radical (unpaired) electrons. The molecule has 0 aliphatic carbocycles. The minimum absolute atomic E-state index is 0.135. The second kappa shape index (κ2) is 11.6. The lowest BCUT2D eigenvalue weighted by molar-refractivity contribution is -0.192. The van der Waals surface area contributed by atoms with Crippen LogP contribution in [-0.4, -0.2) is 44.7 Å². The third-order valence-corrected chi connectivity index (χ3v) is 5.66. The average Bonchev–Trinajstić information content (AvgIpc) is 3.34. The van der Waals surface area contributed by atoms with Gasteiger partial charge in [0.1, 0.15) is 23.5 Å². The fraction of sp³-hybridized carbons (Fsp3) is 0.130. The first-order chi connectivity index (χ1) is 17.8. The van der Waals surface area contributed by atoms with Gasteiger partial charge in [0.25, 0.3) is 0 Å². The Kier molecular flexibility index (Phi) is 8.70. The lowest BCUT2D eigenvalue weighted by Crippen LogP contribution is -2.21. The van der Waals surface area contributed by atoms with Crippen molar-refractivity contribution in [1.82, 2.24) is 14.4 Å². The topological polar surface area (TPSA) is 132 Å². The number of anilines is 3. The number of carboxylic acid groups (broad SMARTS) is 1. The van der Waals surface area contributed by atoms with E-state index in [1.165, 1.54) is 31.8 Å². The number of alkyl halides is 3. The quantitative estimate of drug-likeness (QED) is 0.157. The summed E-state index contributed by atoms with van der Waals surface area (Å²) in [6, 6.07) is 7.77. The van der Waals surface area contributed by atoms with Gasteiger partial charge in [-0.3, -0.25) is 4.40 Å². The molecule has 3 heterocycles. The first-order valence-corrected chi connectivity index (χ1v) is 11.4. The Labute approximate surface area is 224 Å². The van der Waals surface area contributed by atoms with E-state index in [1.54, 1.807) is 28.8 Å². The van der Waals surface area contributed by atoms with Gasteiger partial charge in [-0.2, -0.15) is 13.2 Å². The second-order valence-corrected chi connectivity index (χ2v) is 8.72. The Morgan fingerprint density at radius 2 is 1.87 bits per heavy atom. The molecule has 15 heteroatoms. The molecule has 200 valence electrons. The van der Waals surface area contributed by atoms with Crippen LogP contribution in [0.15, 0.2) is 49.1 Å². The maximum absolute atomic E-state index is 14.5. The number of aromatic nitrogens is 3. The Bertz CT molecular complexity index is 1510. The molecule has 0 fully saturated rings. The van der Waals surface area contributed by atoms with Gasteiger partial charge in [-0.05, 0) is 64.0 Å². The molecule has 0 spiro atoms. The number of nitrogens with zero attached hydrogens (tertiary/aromatic N) is 3. The van der Waals surface area contributed by atoms with Gasteiger partial charge in [0, 0.05) is 16.2 Å². The number of methoxy groups -OCH3 is 1. The smallest absolute Gasteiger partial charge is 0.475 e. The first-order valence-electron chi connectivity index (χ1n) is 10.3. The molecule has 4 aromatic rings. The van der Waals surface area contributed by atoms with Crippen molar-refractivity contribution >= 4 is 57.4 Å². The maximum Gasteiger partial charge on any atom is 0.490 e. The molecular weight excluding hydrogens is 632 g/mol. The summed E-state index contributed by atoms with van der Waals surface area (Å²) in [5, 5.41) is 10.1. The van der Waals surface area contributed by atoms with Crippen LogP contribution in [0.25, 0.3) is 5.52 Å². The number of carbonyl (C=O) groups is 2. The number of aliphatic carboxylic acids is 1. The van der Waals surface area contributed by atoms with Gasteiger partial charge >= 0.3 is 18.1 Å². The molecule has 4 rings (SSSR count). The molecule has 4 N–H and O–H groups in total. The number of pyridine rings is 2. The summed E-state index contributed by atoms with van der Waals surface area (Å²) in [4.78, 5) is 29.3. The number of esters is 1. The summed E-state index contributed by atoms with van der Waals surface area (Å²) in [6.45, 7) is 0. The van der Waals surface area contributed by atoms with Crippen molar-refractivity contribution in [2.75, 3.05) is 18.2 Å². The number of hydrogen-bond acceptors (Lipinski definition) is 7. The van der Waals surface area contributed by atoms with Crippen LogP contribution < -0.4 is 11.1 Å². The maximum atomic E-state index is 14.5. The number of carbonyl (C=O) groups excluding carboxylic acids is 1. The van der Waals surface area contributed by atoms with Crippen molar-refractivity contribution in [2.24, 2.45) is 0 Å². The van der Waals surface area contributed by atoms with E-state index in [0.29, 0.717) is 16.6 Å². The fourth-order valence-electron chi connectivity index (χ4n) is 3.25. The van der Waals surface area contributed by atoms with Gasteiger partial charge < -0.3 is 20.9 Å². The third-order valence-electron chi connectivity index (χ3n) is 4.99. The van der Waals surface area contributed by atoms with Crippen LogP contribution in [0.2, 0.25) is 0 Å². The lowest BCUT2D eigenvalue weighted by Gasteiger charge is -2.17. The number of nitrogen functional groups attached to an aromatic ring is 1. The highest BCUT2D eigenvalue weighted by Crippen LogP contribution is 2.30. The highest BCUT2D eigenvalue weighted by Gasteiger charge is 2.38. The minimum Gasteiger partial charge on any atom is -0.475 e. The van der Waals surface area contributed by atoms with E-state index in [1.807, 2.05) is 22.6 Å². The van der Waals surface area contributed by atoms with E-state index in [4.69, 9.17) is 20.4 Å². The molecule has 9 nitrogen and oxygen atoms in total. The lowest BCUT2D eigenvalue weighted by atomic mass is 10.0. The number of halogens is 6. The number of rotatable bonds is 5. The molecule has 0 saturated heterocycles. The van der Waals surface area contributed by atoms with Gasteiger partial charge in [0.05, 0.1) is 24.5 Å². The number of benzene rings is 1. The van der Waals surface area contributed by atoms with E-state index < -0.39 is 29.7 Å². The largest absolute Gasteiger partial charge is 0.490 e. The predicted molar refractivity (Wildman–Crippen MR) is 134 cm³/mol. The highest BCUT2D eigenvalue weighted by molar-refractivity contribution is 14.1. The van der Waals surface area contributed by atoms with Crippen LogP contribution in [0.1, 0.15) is 21.5 Å². The van der Waals surface area contributed by atoms with E-state index in [-0.39, 0.29) is 29.3 Å². The molecule has 1 aromatic carbocycles. The zero-order chi connectivity index (χ0) is 28.2. The number of hydrogen-bond donors (Lipinski definition) is 3. The van der Waals surface area contributed by atoms with Crippen molar-refractivity contribution in [3.05, 3.63) is 80.9 Å². The molecule has 3 aromatic heterocycles. The Hall–Kier alpha value is -4.02. The summed E-state index contributed by atoms with van der Waals surface area (Å²) in [6.07, 6.45) is -0.474. The molecule has 0 bridgehead atoms. The summed E-state index contributed by atoms with van der Waals surface area (Å²) < 4.78 is 67.9. The normalized spacial score (nSPS) is 11.0. The van der Waals surface area contributed by atoms with Crippen molar-refractivity contribution in [1.29, 1.82) is 0 Å². The average molecular weight is 649 g/mol. The highest BCUT2D eigenvalue weighted by atomic mass is 127. The molecule has 0 atom stereocenters. The molecule has 0 saturated carbocycles. The monoisotopic (exact) mass is 649 g/mol. The summed E-state index contributed by atoms with van der Waals surface area (Å²) in [5.74, 6) is -4.43. The summed E-state index contributed by atoms with van der Waals surface area (Å²) in [7, 11) is 1.25. The standard InChI is InChI=1S/C21H16F2IN5O2.C2HF3O2/c1-31-21(30)14-7-12(6-11-4-5-27-19(25)18(11)23)17-9-26-10-29(17)20(14)28-16-3-2-13(24)8-15(16)22;3-2(4,5)1(6)7/h2-5,7-10,28H,6H2,1H3,(H2,25,27);(H,6,7). The zero-order valence-electron chi connectivity index (χ0n) is 19.2. The van der Waals surface area contributed by atoms with Crippen LogP contribution in [0, 0.1) is 15.2 Å². The van der Waals surface area contributed by atoms with Gasteiger partial charge in [0.15, 0.2) is 11.6 Å². The Balaban J connectivity index is 0.000000505. The number of fused-ring (bicyclic) bond motifs is 1. The van der Waals surface area contributed by atoms with Crippen LogP contribution in [0.3, 0.4) is 0 Å². The van der Waals surface area contributed by atoms with Crippen molar-refractivity contribution in [3.8, 4) is 0 Å². The van der Waals surface area contributed by atoms with E-state index in [0.717, 1.165) is 3.57 Å². The van der Waals surface area contributed by atoms with Gasteiger partial charge in [0.2, 0.25) is 0 Å². The van der Waals surface area contributed by atoms with Gasteiger partial charge in [-0.15, -0.1) is 0 Å². The Morgan fingerprint density at radius 3 is 2.47 bits per heavy atom. The third kappa shape index (κ3) is 6.45. The number of imidazole rings is 1. The molecule has 0 aliphatic rings. The van der Waals surface area contributed by atoms with E-state index in [9.17, 15) is 26.7 Å². The minimum atomic E-state index is -5.08. The number of carboxylic acids is 1. The molecule has 38 heavy (non-hydrogen) atoms. The molecular formula is C23H17F5IN5O4. The molecule has 0 amide bonds. The van der Waals surface area contributed by atoms with Crippen LogP contribution in [-0.2, 0) is 16.0 Å². The van der Waals surface area contributed by atoms with Crippen LogP contribution >= 0.6 is 22.6 Å². The van der Waals surface area contributed by atoms with Gasteiger partial charge in [-0.1, -0.05) is 0 Å². The van der Waals surface area contributed by atoms with E-state index >= 15 is 0 Å². The summed E-state index contributed by atoms with van der Waals surface area (Å²) >= 11 is 2.01. The van der Waals surface area contributed by atoms with Crippen molar-refractivity contribution < 1.29 is 41.4 Å². The second-order valence-electron chi connectivity index (χ2n) is 7.47. The van der Waals surface area contributed by atoms with Crippen molar-refractivity contribution in [2.45, 2.75) is 12.6 Å². The number of ether oxygens (including phenoxy) is 1. The molecule has 0 aliphatic heterocycles. The first kappa shape index (κ1) is 28.5. The SMILES string of the molecule is COC(=O)c1cc(Cc2ccnc(N)c2F)c2cncn2c1Nc1ccc(I)cc1F.O=C(O)C(F)(F)F. The van der Waals surface area contributed by atoms with Crippen molar-refractivity contribution in [3.63, 3.8) is 0 Å². The molecule has 0 unspecified atom stereocenters. The Morgan fingerprint density at radius 1 is 1.18 bits per heavy atom. The van der Waals surface area contributed by atoms with E-state index in [2.05, 4.69) is 15.3 Å². The predicted octanol–water partition coefficient (Wildman–Crippen LogP) is 4.95.